The fourth-order valence-corrected chi connectivity index (χ4v) is 4.23. The number of benzene rings is 2. The Morgan fingerprint density at radius 3 is 2.37 bits per heavy atom. The van der Waals surface area contributed by atoms with Crippen LogP contribution in [0.2, 0.25) is 0 Å². The van der Waals surface area contributed by atoms with Gasteiger partial charge in [0.15, 0.2) is 6.04 Å². The standard InChI is InChI=1S/C23H28N2O5/c1-14(2)17-11-18(20(27)12-19(17)26)21-22(23(28)29)25(21)16-5-3-15(4-6-16)13-24-7-9-30-10-8-24/h3-6,11-12,14,21-22,26-27H,7-10,13H2,1-2H3,(H,28,29)/t21-,22?,25?/m0/s1. The molecular formula is C23H28N2O5. The van der Waals surface area contributed by atoms with E-state index in [1.54, 1.807) is 11.0 Å². The number of hydrogen-bond acceptors (Lipinski definition) is 6. The molecule has 7 nitrogen and oxygen atoms in total. The van der Waals surface area contributed by atoms with Crippen LogP contribution in [0.4, 0.5) is 5.69 Å². The molecule has 30 heavy (non-hydrogen) atoms. The van der Waals surface area contributed by atoms with Gasteiger partial charge in [-0.05, 0) is 35.2 Å². The van der Waals surface area contributed by atoms with E-state index in [1.807, 2.05) is 38.1 Å². The second-order valence-electron chi connectivity index (χ2n) is 8.31. The van der Waals surface area contributed by atoms with Gasteiger partial charge in [0.2, 0.25) is 0 Å². The van der Waals surface area contributed by atoms with E-state index in [4.69, 9.17) is 4.74 Å². The highest BCUT2D eigenvalue weighted by atomic mass is 16.5. The Balaban J connectivity index is 1.56. The molecule has 4 rings (SSSR count). The number of ether oxygens (including phenoxy) is 1. The third kappa shape index (κ3) is 3.95. The van der Waals surface area contributed by atoms with Crippen molar-refractivity contribution in [2.24, 2.45) is 0 Å². The van der Waals surface area contributed by atoms with Crippen LogP contribution in [0.25, 0.3) is 0 Å². The molecule has 7 heteroatoms. The van der Waals surface area contributed by atoms with Crippen LogP contribution in [0, 0.1) is 0 Å². The lowest BCUT2D eigenvalue weighted by molar-refractivity contribution is -0.136. The molecule has 0 aliphatic carbocycles. The molecule has 0 spiro atoms. The second-order valence-corrected chi connectivity index (χ2v) is 8.31. The van der Waals surface area contributed by atoms with Crippen LogP contribution in [0.15, 0.2) is 36.4 Å². The summed E-state index contributed by atoms with van der Waals surface area (Å²) in [5, 5.41) is 30.2. The van der Waals surface area contributed by atoms with Gasteiger partial charge in [0.05, 0.1) is 19.3 Å². The third-order valence-electron chi connectivity index (χ3n) is 5.92. The molecule has 1 unspecified atom stereocenters. The van der Waals surface area contributed by atoms with Gasteiger partial charge in [0.25, 0.3) is 0 Å². The third-order valence-corrected chi connectivity index (χ3v) is 5.92. The Bertz CT molecular complexity index is 922. The number of carboxylic acids is 1. The van der Waals surface area contributed by atoms with Crippen LogP contribution in [0.5, 0.6) is 11.5 Å². The van der Waals surface area contributed by atoms with Crippen LogP contribution in [-0.2, 0) is 16.1 Å². The Hall–Kier alpha value is -2.77. The minimum Gasteiger partial charge on any atom is -0.508 e. The van der Waals surface area contributed by atoms with Crippen molar-refractivity contribution in [3.05, 3.63) is 53.1 Å². The summed E-state index contributed by atoms with van der Waals surface area (Å²) < 4.78 is 5.38. The minimum absolute atomic E-state index is 0.0257. The molecule has 0 bridgehead atoms. The zero-order valence-corrected chi connectivity index (χ0v) is 17.3. The average Bonchev–Trinajstić information content (AvgIpc) is 3.45. The van der Waals surface area contributed by atoms with Crippen LogP contribution >= 0.6 is 0 Å². The Kier molecular flexibility index (Phi) is 5.58. The van der Waals surface area contributed by atoms with Gasteiger partial charge in [-0.25, -0.2) is 4.79 Å². The lowest BCUT2D eigenvalue weighted by Gasteiger charge is -2.26. The lowest BCUT2D eigenvalue weighted by atomic mass is 9.97. The number of anilines is 1. The Morgan fingerprint density at radius 2 is 1.77 bits per heavy atom. The van der Waals surface area contributed by atoms with Crippen LogP contribution in [-0.4, -0.2) is 58.5 Å². The molecule has 0 aromatic heterocycles. The van der Waals surface area contributed by atoms with Gasteiger partial charge in [-0.3, -0.25) is 4.90 Å². The fourth-order valence-electron chi connectivity index (χ4n) is 4.23. The molecule has 160 valence electrons. The maximum absolute atomic E-state index is 11.9. The predicted octanol–water partition coefficient (Wildman–Crippen LogP) is 3.07. The first-order valence-corrected chi connectivity index (χ1v) is 10.3. The van der Waals surface area contributed by atoms with E-state index >= 15 is 0 Å². The predicted molar refractivity (Wildman–Crippen MR) is 113 cm³/mol. The van der Waals surface area contributed by atoms with E-state index in [1.165, 1.54) is 11.6 Å². The summed E-state index contributed by atoms with van der Waals surface area (Å²) in [6.45, 7) is 8.06. The van der Waals surface area contributed by atoms with Crippen molar-refractivity contribution in [3.8, 4) is 11.5 Å². The Labute approximate surface area is 176 Å². The zero-order chi connectivity index (χ0) is 21.4. The first-order valence-electron chi connectivity index (χ1n) is 10.3. The van der Waals surface area contributed by atoms with Gasteiger partial charge >= 0.3 is 5.97 Å². The summed E-state index contributed by atoms with van der Waals surface area (Å²) in [5.74, 6) is -0.937. The summed E-state index contributed by atoms with van der Waals surface area (Å²) in [6, 6.07) is 9.74. The van der Waals surface area contributed by atoms with Crippen molar-refractivity contribution >= 4 is 11.7 Å². The van der Waals surface area contributed by atoms with Crippen LogP contribution in [0.3, 0.4) is 0 Å². The summed E-state index contributed by atoms with van der Waals surface area (Å²) >= 11 is 0. The highest BCUT2D eigenvalue weighted by Gasteiger charge is 2.55. The number of morpholine rings is 1. The van der Waals surface area contributed by atoms with Gasteiger partial charge in [0.1, 0.15) is 11.5 Å². The summed E-state index contributed by atoms with van der Waals surface area (Å²) in [7, 11) is 0. The van der Waals surface area contributed by atoms with E-state index in [9.17, 15) is 20.1 Å². The molecule has 3 N–H and O–H groups in total. The quantitative estimate of drug-likeness (QED) is 0.628. The largest absolute Gasteiger partial charge is 0.508 e. The zero-order valence-electron chi connectivity index (χ0n) is 17.3. The SMILES string of the molecule is CC(C)c1cc([C@H]2C(C(=O)O)N2c2ccc(CN3CCOCC3)cc2)c(O)cc1O. The number of phenolic OH excluding ortho intramolecular Hbond substituents is 2. The van der Waals surface area contributed by atoms with E-state index in [2.05, 4.69) is 4.90 Å². The van der Waals surface area contributed by atoms with Gasteiger partial charge in [0, 0.05) is 37.0 Å². The number of hydrogen-bond donors (Lipinski definition) is 3. The average molecular weight is 412 g/mol. The number of aromatic hydroxyl groups is 2. The normalized spacial score (nSPS) is 21.8. The first-order chi connectivity index (χ1) is 14.4. The van der Waals surface area contributed by atoms with Crippen molar-refractivity contribution in [2.45, 2.75) is 38.4 Å². The molecule has 0 radical (unpaired) electrons. The molecule has 2 fully saturated rings. The number of phenols is 2. The maximum Gasteiger partial charge on any atom is 0.328 e. The number of aliphatic carboxylic acids is 1. The molecule has 2 atom stereocenters. The molecule has 2 saturated heterocycles. The summed E-state index contributed by atoms with van der Waals surface area (Å²) in [5.41, 5.74) is 3.19. The smallest absolute Gasteiger partial charge is 0.328 e. The molecule has 2 heterocycles. The van der Waals surface area contributed by atoms with Crippen molar-refractivity contribution in [2.75, 3.05) is 31.2 Å². The first kappa shape index (κ1) is 20.5. The van der Waals surface area contributed by atoms with Crippen molar-refractivity contribution in [1.82, 2.24) is 4.90 Å². The van der Waals surface area contributed by atoms with Gasteiger partial charge < -0.3 is 25.0 Å². The number of carboxylic acid groups (broad SMARTS) is 1. The second kappa shape index (κ2) is 8.16. The van der Waals surface area contributed by atoms with E-state index in [0.29, 0.717) is 11.1 Å². The van der Waals surface area contributed by atoms with E-state index < -0.39 is 18.1 Å². The van der Waals surface area contributed by atoms with Crippen molar-refractivity contribution in [1.29, 1.82) is 0 Å². The Morgan fingerprint density at radius 1 is 1.10 bits per heavy atom. The molecule has 2 aliphatic rings. The molecule has 0 saturated carbocycles. The molecular weight excluding hydrogens is 384 g/mol. The van der Waals surface area contributed by atoms with E-state index in [-0.39, 0.29) is 17.4 Å². The highest BCUT2D eigenvalue weighted by Crippen LogP contribution is 2.51. The van der Waals surface area contributed by atoms with Gasteiger partial charge in [-0.1, -0.05) is 26.0 Å². The van der Waals surface area contributed by atoms with E-state index in [0.717, 1.165) is 38.5 Å². The summed E-state index contributed by atoms with van der Waals surface area (Å²) in [6.07, 6.45) is 0. The fraction of sp³-hybridized carbons (Fsp3) is 0.435. The van der Waals surface area contributed by atoms with Gasteiger partial charge in [-0.2, -0.15) is 0 Å². The maximum atomic E-state index is 11.9. The molecule has 0 amide bonds. The molecule has 2 aromatic rings. The number of rotatable bonds is 6. The monoisotopic (exact) mass is 412 g/mol. The topological polar surface area (TPSA) is 93.2 Å². The van der Waals surface area contributed by atoms with Crippen molar-refractivity contribution in [3.63, 3.8) is 0 Å². The molecule has 2 aromatic carbocycles. The highest BCUT2D eigenvalue weighted by molar-refractivity contribution is 5.88. The minimum atomic E-state index is -0.934. The number of nitrogens with zero attached hydrogens (tertiary/aromatic N) is 2. The number of carbonyl (C=O) groups is 1. The molecule has 2 aliphatic heterocycles. The lowest BCUT2D eigenvalue weighted by Crippen LogP contribution is -2.35. The van der Waals surface area contributed by atoms with Crippen LogP contribution in [0.1, 0.15) is 42.5 Å². The summed E-state index contributed by atoms with van der Waals surface area (Å²) in [4.78, 5) is 16.0. The van der Waals surface area contributed by atoms with Crippen LogP contribution < -0.4 is 4.90 Å². The van der Waals surface area contributed by atoms with Gasteiger partial charge in [-0.15, -0.1) is 0 Å². The van der Waals surface area contributed by atoms with Crippen molar-refractivity contribution < 1.29 is 24.9 Å².